The van der Waals surface area contributed by atoms with Crippen LogP contribution in [0.2, 0.25) is 0 Å². The lowest BCUT2D eigenvalue weighted by Gasteiger charge is -2.10. The fourth-order valence-corrected chi connectivity index (χ4v) is 1.92. The Morgan fingerprint density at radius 2 is 1.95 bits per heavy atom. The van der Waals surface area contributed by atoms with Crippen molar-refractivity contribution >= 4 is 29.7 Å². The van der Waals surface area contributed by atoms with E-state index < -0.39 is 24.6 Å². The lowest BCUT2D eigenvalue weighted by atomic mass is 10.2. The first kappa shape index (κ1) is 17.8. The summed E-state index contributed by atoms with van der Waals surface area (Å²) in [7, 11) is 1.43. The maximum Gasteiger partial charge on any atom is 0.413 e. The summed E-state index contributed by atoms with van der Waals surface area (Å²) >= 11 is 1.50. The zero-order valence-corrected chi connectivity index (χ0v) is 13.3. The fourth-order valence-electron chi connectivity index (χ4n) is 1.49. The SMILES string of the molecule is CCOC(=O)NC(=O)COC(=O)c1ccc(SC)cc1OC. The number of ether oxygens (including phenoxy) is 3. The van der Waals surface area contributed by atoms with Gasteiger partial charge in [0.1, 0.15) is 11.3 Å². The van der Waals surface area contributed by atoms with Gasteiger partial charge in [0.15, 0.2) is 6.61 Å². The zero-order valence-electron chi connectivity index (χ0n) is 12.5. The van der Waals surface area contributed by atoms with Gasteiger partial charge in [-0.3, -0.25) is 10.1 Å². The van der Waals surface area contributed by atoms with Crippen LogP contribution in [0.4, 0.5) is 4.79 Å². The first-order valence-electron chi connectivity index (χ1n) is 6.37. The van der Waals surface area contributed by atoms with Gasteiger partial charge in [-0.15, -0.1) is 11.8 Å². The van der Waals surface area contributed by atoms with Gasteiger partial charge in [0.25, 0.3) is 5.91 Å². The second-order valence-corrected chi connectivity index (χ2v) is 4.79. The average Bonchev–Trinajstić information content (AvgIpc) is 2.52. The predicted octanol–water partition coefficient (Wildman–Crippen LogP) is 1.85. The maximum absolute atomic E-state index is 11.9. The van der Waals surface area contributed by atoms with Crippen molar-refractivity contribution in [2.45, 2.75) is 11.8 Å². The first-order chi connectivity index (χ1) is 10.5. The van der Waals surface area contributed by atoms with Gasteiger partial charge in [-0.1, -0.05) is 0 Å². The molecule has 22 heavy (non-hydrogen) atoms. The van der Waals surface area contributed by atoms with Gasteiger partial charge in [0.2, 0.25) is 0 Å². The molecule has 1 N–H and O–H groups in total. The van der Waals surface area contributed by atoms with E-state index in [9.17, 15) is 14.4 Å². The van der Waals surface area contributed by atoms with Gasteiger partial charge in [0, 0.05) is 4.90 Å². The van der Waals surface area contributed by atoms with Crippen molar-refractivity contribution in [1.29, 1.82) is 0 Å². The molecule has 0 aliphatic rings. The average molecular weight is 327 g/mol. The Hall–Kier alpha value is -2.22. The number of esters is 1. The van der Waals surface area contributed by atoms with E-state index in [-0.39, 0.29) is 12.2 Å². The Morgan fingerprint density at radius 1 is 1.23 bits per heavy atom. The standard InChI is InChI=1S/C14H17NO6S/c1-4-20-14(18)15-12(16)8-21-13(17)10-6-5-9(22-3)7-11(10)19-2/h5-7H,4,8H2,1-3H3,(H,15,16,18). The third-order valence-electron chi connectivity index (χ3n) is 2.48. The molecular formula is C14H17NO6S. The van der Waals surface area contributed by atoms with Gasteiger partial charge in [-0.05, 0) is 31.4 Å². The number of methoxy groups -OCH3 is 1. The van der Waals surface area contributed by atoms with E-state index in [1.807, 2.05) is 11.6 Å². The number of imide groups is 1. The molecule has 0 heterocycles. The minimum absolute atomic E-state index is 0.137. The highest BCUT2D eigenvalue weighted by Crippen LogP contribution is 2.25. The number of benzene rings is 1. The summed E-state index contributed by atoms with van der Waals surface area (Å²) in [5, 5.41) is 1.92. The lowest BCUT2D eigenvalue weighted by molar-refractivity contribution is -0.123. The van der Waals surface area contributed by atoms with Crippen LogP contribution in [0, 0.1) is 0 Å². The second kappa shape index (κ2) is 8.93. The van der Waals surface area contributed by atoms with Crippen LogP contribution in [0.5, 0.6) is 5.75 Å². The summed E-state index contributed by atoms with van der Waals surface area (Å²) in [6.45, 7) is 1.15. The maximum atomic E-state index is 11.9. The van der Waals surface area contributed by atoms with E-state index in [2.05, 4.69) is 4.74 Å². The van der Waals surface area contributed by atoms with Crippen molar-refractivity contribution in [3.63, 3.8) is 0 Å². The fraction of sp³-hybridized carbons (Fsp3) is 0.357. The number of alkyl carbamates (subject to hydrolysis) is 1. The third-order valence-corrected chi connectivity index (χ3v) is 3.21. The highest BCUT2D eigenvalue weighted by Gasteiger charge is 2.17. The first-order valence-corrected chi connectivity index (χ1v) is 7.60. The van der Waals surface area contributed by atoms with Crippen LogP contribution < -0.4 is 10.1 Å². The Kier molecular flexibility index (Phi) is 7.24. The molecule has 2 amide bonds. The molecule has 1 rings (SSSR count). The van der Waals surface area contributed by atoms with Crippen LogP contribution in [-0.4, -0.2) is 44.5 Å². The molecule has 0 aromatic heterocycles. The van der Waals surface area contributed by atoms with Crippen molar-refractivity contribution in [2.24, 2.45) is 0 Å². The molecule has 1 aromatic carbocycles. The molecule has 0 radical (unpaired) electrons. The second-order valence-electron chi connectivity index (χ2n) is 3.91. The Balaban J connectivity index is 2.62. The molecule has 0 aliphatic carbocycles. The number of carbonyl (C=O) groups excluding carboxylic acids is 3. The molecule has 120 valence electrons. The topological polar surface area (TPSA) is 90.9 Å². The Labute approximate surface area is 132 Å². The summed E-state index contributed by atoms with van der Waals surface area (Å²) in [6, 6.07) is 4.98. The van der Waals surface area contributed by atoms with Crippen molar-refractivity contribution in [2.75, 3.05) is 26.6 Å². The molecule has 0 aliphatic heterocycles. The minimum Gasteiger partial charge on any atom is -0.496 e. The smallest absolute Gasteiger partial charge is 0.413 e. The molecule has 8 heteroatoms. The van der Waals surface area contributed by atoms with Crippen molar-refractivity contribution in [3.05, 3.63) is 23.8 Å². The third kappa shape index (κ3) is 5.28. The van der Waals surface area contributed by atoms with Gasteiger partial charge in [-0.2, -0.15) is 0 Å². The number of nitrogens with one attached hydrogen (secondary N) is 1. The van der Waals surface area contributed by atoms with E-state index in [1.54, 1.807) is 25.1 Å². The quantitative estimate of drug-likeness (QED) is 0.629. The number of amides is 2. The molecule has 0 spiro atoms. The van der Waals surface area contributed by atoms with E-state index in [0.717, 1.165) is 4.90 Å². The Morgan fingerprint density at radius 3 is 2.55 bits per heavy atom. The van der Waals surface area contributed by atoms with E-state index in [4.69, 9.17) is 9.47 Å². The zero-order chi connectivity index (χ0) is 16.5. The van der Waals surface area contributed by atoms with Crippen LogP contribution in [0.15, 0.2) is 23.1 Å². The van der Waals surface area contributed by atoms with E-state index >= 15 is 0 Å². The summed E-state index contributed by atoms with van der Waals surface area (Å²) in [5.74, 6) is -1.14. The van der Waals surface area contributed by atoms with Crippen molar-refractivity contribution in [1.82, 2.24) is 5.32 Å². The van der Waals surface area contributed by atoms with E-state index in [0.29, 0.717) is 5.75 Å². The minimum atomic E-state index is -0.884. The highest BCUT2D eigenvalue weighted by atomic mass is 32.2. The van der Waals surface area contributed by atoms with Gasteiger partial charge < -0.3 is 14.2 Å². The summed E-state index contributed by atoms with van der Waals surface area (Å²) in [4.78, 5) is 35.3. The molecule has 0 bridgehead atoms. The van der Waals surface area contributed by atoms with Crippen LogP contribution in [-0.2, 0) is 14.3 Å². The van der Waals surface area contributed by atoms with Crippen LogP contribution in [0.1, 0.15) is 17.3 Å². The number of thioether (sulfide) groups is 1. The largest absolute Gasteiger partial charge is 0.496 e. The molecule has 0 unspecified atom stereocenters. The molecule has 0 saturated carbocycles. The van der Waals surface area contributed by atoms with Gasteiger partial charge >= 0.3 is 12.1 Å². The van der Waals surface area contributed by atoms with Crippen LogP contribution in [0.3, 0.4) is 0 Å². The number of hydrogen-bond donors (Lipinski definition) is 1. The van der Waals surface area contributed by atoms with Crippen LogP contribution >= 0.6 is 11.8 Å². The van der Waals surface area contributed by atoms with Crippen molar-refractivity contribution in [3.8, 4) is 5.75 Å². The number of rotatable bonds is 6. The molecule has 0 atom stereocenters. The summed E-state index contributed by atoms with van der Waals surface area (Å²) in [6.07, 6.45) is 1.01. The summed E-state index contributed by atoms with van der Waals surface area (Å²) in [5.41, 5.74) is 0.198. The van der Waals surface area contributed by atoms with Crippen LogP contribution in [0.25, 0.3) is 0 Å². The highest BCUT2D eigenvalue weighted by molar-refractivity contribution is 7.98. The molecule has 1 aromatic rings. The van der Waals surface area contributed by atoms with E-state index in [1.165, 1.54) is 18.9 Å². The molecule has 7 nitrogen and oxygen atoms in total. The number of hydrogen-bond acceptors (Lipinski definition) is 7. The normalized spacial score (nSPS) is 9.77. The molecular weight excluding hydrogens is 310 g/mol. The predicted molar refractivity (Wildman–Crippen MR) is 80.2 cm³/mol. The lowest BCUT2D eigenvalue weighted by Crippen LogP contribution is -2.34. The van der Waals surface area contributed by atoms with Gasteiger partial charge in [0.05, 0.1) is 13.7 Å². The molecule has 0 fully saturated rings. The van der Waals surface area contributed by atoms with Crippen molar-refractivity contribution < 1.29 is 28.6 Å². The Bertz CT molecular complexity index is 560. The number of carbonyl (C=O) groups is 3. The molecule has 0 saturated heterocycles. The monoisotopic (exact) mass is 327 g/mol. The summed E-state index contributed by atoms with van der Waals surface area (Å²) < 4.78 is 14.5. The van der Waals surface area contributed by atoms with Gasteiger partial charge in [-0.25, -0.2) is 9.59 Å².